The molecule has 18 heavy (non-hydrogen) atoms. The van der Waals surface area contributed by atoms with Gasteiger partial charge in [0.2, 0.25) is 0 Å². The summed E-state index contributed by atoms with van der Waals surface area (Å²) in [6.07, 6.45) is -0.866. The molecule has 0 heterocycles. The van der Waals surface area contributed by atoms with Crippen molar-refractivity contribution >= 4 is 27.5 Å². The second-order valence-electron chi connectivity index (χ2n) is 4.08. The number of benzene rings is 2. The van der Waals surface area contributed by atoms with Crippen LogP contribution in [-0.4, -0.2) is 5.11 Å². The van der Waals surface area contributed by atoms with Gasteiger partial charge in [-0.2, -0.15) is 0 Å². The molecule has 2 aromatic carbocycles. The molecule has 0 amide bonds. The van der Waals surface area contributed by atoms with Crippen LogP contribution >= 0.6 is 27.5 Å². The highest BCUT2D eigenvalue weighted by atomic mass is 79.9. The van der Waals surface area contributed by atoms with Crippen molar-refractivity contribution < 1.29 is 9.50 Å². The molecular weight excluding hydrogens is 319 g/mol. The maximum Gasteiger partial charge on any atom is 0.127 e. The Labute approximate surface area is 118 Å². The van der Waals surface area contributed by atoms with Crippen molar-refractivity contribution in [1.29, 1.82) is 0 Å². The van der Waals surface area contributed by atoms with Gasteiger partial charge in [-0.05, 0) is 42.3 Å². The Bertz CT molecular complexity index is 586. The summed E-state index contributed by atoms with van der Waals surface area (Å²) in [4.78, 5) is 0. The molecule has 4 heteroatoms. The maximum atomic E-state index is 13.3. The molecule has 0 aliphatic carbocycles. The number of aryl methyl sites for hydroxylation is 1. The fourth-order valence-corrected chi connectivity index (χ4v) is 2.42. The first-order valence-electron chi connectivity index (χ1n) is 5.38. The molecule has 0 fully saturated rings. The molecular formula is C14H11BrClFO. The minimum Gasteiger partial charge on any atom is -0.384 e. The predicted molar refractivity (Wildman–Crippen MR) is 74.4 cm³/mol. The van der Waals surface area contributed by atoms with Crippen LogP contribution in [0.5, 0.6) is 0 Å². The molecule has 0 saturated carbocycles. The summed E-state index contributed by atoms with van der Waals surface area (Å²) in [7, 11) is 0. The van der Waals surface area contributed by atoms with Gasteiger partial charge in [0, 0.05) is 15.1 Å². The lowest BCUT2D eigenvalue weighted by molar-refractivity contribution is 0.220. The third-order valence-corrected chi connectivity index (χ3v) is 3.56. The lowest BCUT2D eigenvalue weighted by Crippen LogP contribution is -2.02. The van der Waals surface area contributed by atoms with Crippen LogP contribution in [0.25, 0.3) is 0 Å². The molecule has 2 aromatic rings. The Balaban J connectivity index is 2.46. The molecule has 1 N–H and O–H groups in total. The Kier molecular flexibility index (Phi) is 4.05. The second-order valence-corrected chi connectivity index (χ2v) is 5.40. The summed E-state index contributed by atoms with van der Waals surface area (Å²) >= 11 is 9.32. The fraction of sp³-hybridized carbons (Fsp3) is 0.143. The van der Waals surface area contributed by atoms with Gasteiger partial charge in [0.25, 0.3) is 0 Å². The topological polar surface area (TPSA) is 20.2 Å². The van der Waals surface area contributed by atoms with E-state index in [1.165, 1.54) is 6.07 Å². The van der Waals surface area contributed by atoms with Gasteiger partial charge in [0.05, 0.1) is 0 Å². The first-order chi connectivity index (χ1) is 8.49. The van der Waals surface area contributed by atoms with Crippen LogP contribution < -0.4 is 0 Å². The zero-order valence-corrected chi connectivity index (χ0v) is 12.0. The van der Waals surface area contributed by atoms with Gasteiger partial charge < -0.3 is 5.11 Å². The number of aliphatic hydroxyl groups is 1. The van der Waals surface area contributed by atoms with E-state index >= 15 is 0 Å². The van der Waals surface area contributed by atoms with Crippen LogP contribution in [0, 0.1) is 12.7 Å². The first kappa shape index (κ1) is 13.5. The van der Waals surface area contributed by atoms with Gasteiger partial charge in [0.15, 0.2) is 0 Å². The van der Waals surface area contributed by atoms with E-state index in [0.29, 0.717) is 16.7 Å². The van der Waals surface area contributed by atoms with Crippen LogP contribution in [0.2, 0.25) is 5.02 Å². The highest BCUT2D eigenvalue weighted by Crippen LogP contribution is 2.31. The first-order valence-corrected chi connectivity index (χ1v) is 6.55. The van der Waals surface area contributed by atoms with Crippen molar-refractivity contribution in [2.24, 2.45) is 0 Å². The third-order valence-electron chi connectivity index (χ3n) is 2.74. The maximum absolute atomic E-state index is 13.3. The summed E-state index contributed by atoms with van der Waals surface area (Å²) < 4.78 is 14.2. The average molecular weight is 330 g/mol. The number of rotatable bonds is 2. The van der Waals surface area contributed by atoms with Crippen molar-refractivity contribution in [3.63, 3.8) is 0 Å². The summed E-state index contributed by atoms with van der Waals surface area (Å²) in [6, 6.07) is 10.1. The van der Waals surface area contributed by atoms with E-state index in [-0.39, 0.29) is 10.8 Å². The van der Waals surface area contributed by atoms with Crippen molar-refractivity contribution in [2.45, 2.75) is 13.0 Å². The average Bonchev–Trinajstić information content (AvgIpc) is 2.33. The molecule has 0 aliphatic heterocycles. The predicted octanol–water partition coefficient (Wildman–Crippen LogP) is 4.63. The van der Waals surface area contributed by atoms with Gasteiger partial charge in [-0.3, -0.25) is 0 Å². The molecule has 0 radical (unpaired) electrons. The van der Waals surface area contributed by atoms with Crippen molar-refractivity contribution in [1.82, 2.24) is 0 Å². The minimum atomic E-state index is -0.866. The lowest BCUT2D eigenvalue weighted by Gasteiger charge is -2.14. The normalized spacial score (nSPS) is 12.5. The molecule has 1 unspecified atom stereocenters. The molecule has 0 saturated heterocycles. The van der Waals surface area contributed by atoms with Gasteiger partial charge in [0.1, 0.15) is 11.9 Å². The molecule has 1 atom stereocenters. The number of aliphatic hydroxyl groups excluding tert-OH is 1. The molecule has 2 rings (SSSR count). The van der Waals surface area contributed by atoms with Crippen LogP contribution in [0.3, 0.4) is 0 Å². The van der Waals surface area contributed by atoms with Crippen molar-refractivity contribution in [3.05, 3.63) is 68.4 Å². The SMILES string of the molecule is Cc1cc(C(O)c2cccc(Br)c2)c(Cl)cc1F. The zero-order chi connectivity index (χ0) is 13.3. The standard InChI is InChI=1S/C14H11BrClFO/c1-8-5-11(12(16)7-13(8)17)14(18)9-3-2-4-10(15)6-9/h2-7,14,18H,1H3. The van der Waals surface area contributed by atoms with Gasteiger partial charge >= 0.3 is 0 Å². The Hall–Kier alpha value is -0.900. The number of hydrogen-bond acceptors (Lipinski definition) is 1. The monoisotopic (exact) mass is 328 g/mol. The molecule has 94 valence electrons. The van der Waals surface area contributed by atoms with Crippen LogP contribution in [0.15, 0.2) is 40.9 Å². The molecule has 0 aliphatic rings. The fourth-order valence-electron chi connectivity index (χ4n) is 1.75. The van der Waals surface area contributed by atoms with Crippen LogP contribution in [0.4, 0.5) is 4.39 Å². The Morgan fingerprint density at radius 3 is 2.67 bits per heavy atom. The smallest absolute Gasteiger partial charge is 0.127 e. The van der Waals surface area contributed by atoms with E-state index in [0.717, 1.165) is 4.47 Å². The van der Waals surface area contributed by atoms with E-state index in [1.807, 2.05) is 12.1 Å². The zero-order valence-electron chi connectivity index (χ0n) is 9.62. The molecule has 0 spiro atoms. The van der Waals surface area contributed by atoms with Crippen molar-refractivity contribution in [2.75, 3.05) is 0 Å². The number of halogens is 3. The van der Waals surface area contributed by atoms with E-state index in [2.05, 4.69) is 15.9 Å². The van der Waals surface area contributed by atoms with Gasteiger partial charge in [-0.1, -0.05) is 39.7 Å². The van der Waals surface area contributed by atoms with E-state index in [4.69, 9.17) is 11.6 Å². The quantitative estimate of drug-likeness (QED) is 0.851. The van der Waals surface area contributed by atoms with E-state index in [9.17, 15) is 9.50 Å². The Morgan fingerprint density at radius 2 is 2.00 bits per heavy atom. The van der Waals surface area contributed by atoms with Gasteiger partial charge in [-0.15, -0.1) is 0 Å². The van der Waals surface area contributed by atoms with Crippen LogP contribution in [-0.2, 0) is 0 Å². The third kappa shape index (κ3) is 2.74. The second kappa shape index (κ2) is 5.39. The van der Waals surface area contributed by atoms with Crippen LogP contribution in [0.1, 0.15) is 22.8 Å². The lowest BCUT2D eigenvalue weighted by atomic mass is 10.00. The highest BCUT2D eigenvalue weighted by Gasteiger charge is 2.16. The summed E-state index contributed by atoms with van der Waals surface area (Å²) in [5, 5.41) is 10.5. The highest BCUT2D eigenvalue weighted by molar-refractivity contribution is 9.10. The minimum absolute atomic E-state index is 0.227. The van der Waals surface area contributed by atoms with E-state index < -0.39 is 6.10 Å². The van der Waals surface area contributed by atoms with Gasteiger partial charge in [-0.25, -0.2) is 4.39 Å². The summed E-state index contributed by atoms with van der Waals surface area (Å²) in [5.41, 5.74) is 1.68. The molecule has 1 nitrogen and oxygen atoms in total. The summed E-state index contributed by atoms with van der Waals surface area (Å²) in [5.74, 6) is -0.370. The summed E-state index contributed by atoms with van der Waals surface area (Å²) in [6.45, 7) is 1.64. The van der Waals surface area contributed by atoms with Crippen molar-refractivity contribution in [3.8, 4) is 0 Å². The molecule has 0 bridgehead atoms. The van der Waals surface area contributed by atoms with E-state index in [1.54, 1.807) is 25.1 Å². The number of hydrogen-bond donors (Lipinski definition) is 1. The Morgan fingerprint density at radius 1 is 1.28 bits per heavy atom. The molecule has 0 aromatic heterocycles. The largest absolute Gasteiger partial charge is 0.384 e.